The molecule has 6 N–H and O–H groups in total. The van der Waals surface area contributed by atoms with E-state index >= 15 is 0 Å². The van der Waals surface area contributed by atoms with E-state index in [0.29, 0.717) is 19.8 Å². The van der Waals surface area contributed by atoms with Gasteiger partial charge < -0.3 is 59.1 Å². The minimum absolute atomic E-state index is 0.00220. The lowest BCUT2D eigenvalue weighted by Gasteiger charge is -2.27. The Balaban J connectivity index is 0.000000463. The van der Waals surface area contributed by atoms with Gasteiger partial charge >= 0.3 is 35.8 Å². The topological polar surface area (TPSA) is 279 Å². The van der Waals surface area contributed by atoms with Gasteiger partial charge in [0.15, 0.2) is 0 Å². The molecule has 0 amide bonds. The van der Waals surface area contributed by atoms with Crippen molar-refractivity contribution in [3.05, 3.63) is 0 Å². The van der Waals surface area contributed by atoms with E-state index in [0.717, 1.165) is 173 Å². The average molecular weight is 1100 g/mol. The number of carbonyl (C=O) groups excluding carboxylic acids is 6. The Morgan fingerprint density at radius 3 is 0.922 bits per heavy atom. The van der Waals surface area contributed by atoms with Crippen molar-refractivity contribution in [2.75, 3.05) is 26.9 Å². The molecule has 77 heavy (non-hydrogen) atoms. The first-order valence-corrected chi connectivity index (χ1v) is 29.5. The third-order valence-corrected chi connectivity index (χ3v) is 14.6. The van der Waals surface area contributed by atoms with Gasteiger partial charge in [-0.2, -0.15) is 0 Å². The predicted octanol–water partition coefficient (Wildman–Crippen LogP) is 8.55. The summed E-state index contributed by atoms with van der Waals surface area (Å²) in [5.41, 5.74) is -0.396. The summed E-state index contributed by atoms with van der Waals surface area (Å²) >= 11 is 0. The normalized spacial score (nSPS) is 29.0. The van der Waals surface area contributed by atoms with Gasteiger partial charge in [-0.15, -0.1) is 0 Å². The molecule has 0 bridgehead atoms. The Kier molecular flexibility index (Phi) is 37.8. The molecule has 6 aliphatic rings. The van der Waals surface area contributed by atoms with E-state index in [-0.39, 0.29) is 114 Å². The predicted molar refractivity (Wildman–Crippen MR) is 291 cm³/mol. The van der Waals surface area contributed by atoms with Gasteiger partial charge in [0.05, 0.1) is 105 Å². The van der Waals surface area contributed by atoms with Crippen molar-refractivity contribution in [1.29, 1.82) is 0 Å². The number of rotatable bonds is 13. The summed E-state index contributed by atoms with van der Waals surface area (Å²) in [6.07, 6.45) is 19.8. The monoisotopic (exact) mass is 1100 g/mol. The van der Waals surface area contributed by atoms with Crippen LogP contribution in [0, 0.1) is 35.5 Å². The Labute approximate surface area is 461 Å². The van der Waals surface area contributed by atoms with Crippen LogP contribution < -0.4 is 0 Å². The van der Waals surface area contributed by atoms with Crippen molar-refractivity contribution in [3.63, 3.8) is 0 Å². The average Bonchev–Trinajstić information content (AvgIpc) is 3.39. The van der Waals surface area contributed by atoms with E-state index in [1.165, 1.54) is 7.11 Å². The zero-order chi connectivity index (χ0) is 57.9. The fourth-order valence-electron chi connectivity index (χ4n) is 9.76. The van der Waals surface area contributed by atoms with Gasteiger partial charge in [-0.1, -0.05) is 20.3 Å². The SMILES string of the molecule is CC(C)(C)OC(=O)C1CCC(O)CC1.CC(C)OC(=O)C1CCC(O)CC1.CCCCOC(=O)C1CCC(O)CC1.CCCOC(=O)C1CCC(O)CC1.CCOC(=O)C1CCC(O)CC1.COC(=O)C1CCC(O)CC1. The number of hydrogen-bond acceptors (Lipinski definition) is 18. The number of aliphatic hydroxyl groups is 6. The van der Waals surface area contributed by atoms with E-state index in [2.05, 4.69) is 11.7 Å². The highest BCUT2D eigenvalue weighted by Gasteiger charge is 2.31. The van der Waals surface area contributed by atoms with Crippen LogP contribution in [0.3, 0.4) is 0 Å². The first kappa shape index (κ1) is 71.6. The maximum absolute atomic E-state index is 11.6. The van der Waals surface area contributed by atoms with Gasteiger partial charge in [0.2, 0.25) is 0 Å². The number of unbranched alkanes of at least 4 members (excludes halogenated alkanes) is 1. The summed E-state index contributed by atoms with van der Waals surface area (Å²) in [5, 5.41) is 55.3. The van der Waals surface area contributed by atoms with Gasteiger partial charge in [0, 0.05) is 0 Å². The van der Waals surface area contributed by atoms with Gasteiger partial charge in [0.25, 0.3) is 0 Å². The van der Waals surface area contributed by atoms with Crippen molar-refractivity contribution >= 4 is 35.8 Å². The lowest BCUT2D eigenvalue weighted by molar-refractivity contribution is -0.162. The molecule has 6 aliphatic carbocycles. The van der Waals surface area contributed by atoms with Crippen molar-refractivity contribution < 1.29 is 87.8 Å². The summed E-state index contributed by atoms with van der Waals surface area (Å²) in [4.78, 5) is 68.0. The van der Waals surface area contributed by atoms with E-state index in [1.54, 1.807) is 0 Å². The molecular weight excluding hydrogens is 997 g/mol. The second-order valence-electron chi connectivity index (χ2n) is 23.0. The highest BCUT2D eigenvalue weighted by Crippen LogP contribution is 2.30. The number of ether oxygens (including phenoxy) is 6. The number of carbonyl (C=O) groups is 6. The van der Waals surface area contributed by atoms with Gasteiger partial charge in [-0.25, -0.2) is 0 Å². The molecule has 0 aliphatic heterocycles. The molecule has 0 heterocycles. The third-order valence-electron chi connectivity index (χ3n) is 14.6. The molecule has 6 rings (SSSR count). The first-order valence-electron chi connectivity index (χ1n) is 29.5. The number of esters is 6. The van der Waals surface area contributed by atoms with Crippen LogP contribution in [-0.4, -0.2) is 142 Å². The molecule has 0 spiro atoms. The molecule has 0 atom stereocenters. The molecule has 0 radical (unpaired) electrons. The van der Waals surface area contributed by atoms with Crippen LogP contribution in [0.1, 0.15) is 229 Å². The zero-order valence-corrected chi connectivity index (χ0v) is 48.8. The number of methoxy groups -OCH3 is 1. The largest absolute Gasteiger partial charge is 0.469 e. The van der Waals surface area contributed by atoms with Gasteiger partial charge in [-0.3, -0.25) is 28.8 Å². The highest BCUT2D eigenvalue weighted by molar-refractivity contribution is 5.74. The molecule has 0 aromatic heterocycles. The number of aliphatic hydroxyl groups excluding tert-OH is 6. The fraction of sp³-hybridized carbons (Fsp3) is 0.898. The van der Waals surface area contributed by atoms with Crippen LogP contribution in [0.2, 0.25) is 0 Å². The van der Waals surface area contributed by atoms with Crippen LogP contribution in [0.15, 0.2) is 0 Å². The second-order valence-corrected chi connectivity index (χ2v) is 23.0. The Bertz CT molecular complexity index is 1580. The lowest BCUT2D eigenvalue weighted by atomic mass is 9.87. The molecule has 450 valence electrons. The Hall–Kier alpha value is -3.42. The molecule has 0 unspecified atom stereocenters. The first-order chi connectivity index (χ1) is 36.4. The quantitative estimate of drug-likeness (QED) is 0.0572. The molecular formula is C59H106O18. The minimum atomic E-state index is -0.396. The number of hydrogen-bond donors (Lipinski definition) is 6. The van der Waals surface area contributed by atoms with Crippen molar-refractivity contribution in [2.45, 2.75) is 277 Å². The standard InChI is InChI=1S/2C11H20O3.2C10H18O3.C9H16O3.C8H14O3/c1-11(2,3)14-10(13)8-4-6-9(12)7-5-8;1-2-3-8-14-11(13)9-4-6-10(12)7-5-9;1-7(2)13-10(12)8-3-5-9(11)6-4-8;1-2-7-13-10(12)8-3-5-9(11)6-4-8;1-2-12-9(11)7-3-5-8(10)6-4-7;1-11-8(10)6-2-4-7(9)5-3-6/h8-9,12H,4-7H2,1-3H3;9-10,12H,2-8H2,1H3;7-9,11H,3-6H2,1-2H3;8-9,11H,2-7H2,1H3;7-8,10H,2-6H2,1H3;6-7,9H,2-5H2,1H3. The zero-order valence-electron chi connectivity index (χ0n) is 48.8. The molecule has 18 nitrogen and oxygen atoms in total. The van der Waals surface area contributed by atoms with E-state index in [1.807, 2.05) is 48.5 Å². The van der Waals surface area contributed by atoms with Crippen molar-refractivity contribution in [2.24, 2.45) is 35.5 Å². The van der Waals surface area contributed by atoms with Crippen LogP contribution in [0.4, 0.5) is 0 Å². The minimum Gasteiger partial charge on any atom is -0.469 e. The third kappa shape index (κ3) is 33.7. The van der Waals surface area contributed by atoms with Crippen LogP contribution in [0.25, 0.3) is 0 Å². The van der Waals surface area contributed by atoms with Crippen molar-refractivity contribution in [3.8, 4) is 0 Å². The van der Waals surface area contributed by atoms with Crippen LogP contribution in [0.5, 0.6) is 0 Å². The molecule has 6 fully saturated rings. The molecule has 6 saturated carbocycles. The molecule has 0 saturated heterocycles. The fourth-order valence-corrected chi connectivity index (χ4v) is 9.76. The van der Waals surface area contributed by atoms with Crippen LogP contribution in [-0.2, 0) is 57.2 Å². The van der Waals surface area contributed by atoms with Gasteiger partial charge in [0.1, 0.15) is 5.60 Å². The van der Waals surface area contributed by atoms with E-state index < -0.39 is 5.60 Å². The summed E-state index contributed by atoms with van der Waals surface area (Å²) < 4.78 is 30.1. The molecule has 0 aromatic carbocycles. The summed E-state index contributed by atoms with van der Waals surface area (Å²) in [6.45, 7) is 16.8. The highest BCUT2D eigenvalue weighted by atomic mass is 16.6. The Morgan fingerprint density at radius 2 is 0.662 bits per heavy atom. The maximum atomic E-state index is 11.6. The van der Waals surface area contributed by atoms with E-state index in [4.69, 9.17) is 28.8 Å². The van der Waals surface area contributed by atoms with Crippen LogP contribution >= 0.6 is 0 Å². The maximum Gasteiger partial charge on any atom is 0.309 e. The summed E-state index contributed by atoms with van der Waals surface area (Å²) in [6, 6.07) is 0. The molecule has 18 heteroatoms. The lowest BCUT2D eigenvalue weighted by Crippen LogP contribution is -2.31. The molecule has 0 aromatic rings. The summed E-state index contributed by atoms with van der Waals surface area (Å²) in [7, 11) is 1.41. The van der Waals surface area contributed by atoms with E-state index in [9.17, 15) is 54.3 Å². The second kappa shape index (κ2) is 40.7. The smallest absolute Gasteiger partial charge is 0.309 e. The van der Waals surface area contributed by atoms with Crippen molar-refractivity contribution in [1.82, 2.24) is 0 Å². The Morgan fingerprint density at radius 1 is 0.390 bits per heavy atom. The van der Waals surface area contributed by atoms with Gasteiger partial charge in [-0.05, 0) is 208 Å². The summed E-state index contributed by atoms with van der Waals surface area (Å²) in [5.74, 6) is -0.405.